The fourth-order valence-corrected chi connectivity index (χ4v) is 36.7. The summed E-state index contributed by atoms with van der Waals surface area (Å²) in [6.07, 6.45) is 0. The summed E-state index contributed by atoms with van der Waals surface area (Å²) in [6.45, 7) is 54.8. The third-order valence-corrected chi connectivity index (χ3v) is 44.8. The molecule has 1 aliphatic carbocycles. The van der Waals surface area contributed by atoms with Crippen molar-refractivity contribution in [1.82, 2.24) is 37.4 Å². The van der Waals surface area contributed by atoms with Crippen LogP contribution < -0.4 is 0 Å². The number of benzene rings is 2. The summed E-state index contributed by atoms with van der Waals surface area (Å²) in [7, 11) is -9.28. The molecule has 412 valence electrons. The summed E-state index contributed by atoms with van der Waals surface area (Å²) in [6, 6.07) is 0. The van der Waals surface area contributed by atoms with Gasteiger partial charge in [0.05, 0.1) is 45.7 Å². The zero-order valence-corrected chi connectivity index (χ0v) is 56.8. The van der Waals surface area contributed by atoms with E-state index in [1.165, 1.54) is 0 Å². The monoisotopic (exact) mass is 1150 g/mol. The smallest absolute Gasteiger partial charge is 0.234 e. The molecule has 0 atom stereocenters. The zero-order valence-electron chi connectivity index (χ0n) is 51.1. The van der Waals surface area contributed by atoms with Gasteiger partial charge in [0.1, 0.15) is 99.2 Å². The maximum atomic E-state index is 15.6. The molecule has 0 spiro atoms. The molecule has 0 unspecified atom stereocenters. The van der Waals surface area contributed by atoms with Crippen molar-refractivity contribution < 1.29 is 9.59 Å². The van der Waals surface area contributed by atoms with Crippen LogP contribution in [0.5, 0.6) is 0 Å². The largest absolute Gasteiger partial charge is 0.285 e. The van der Waals surface area contributed by atoms with Crippen LogP contribution in [0.3, 0.4) is 0 Å². The molecule has 6 aromatic rings. The standard InChI is InChI=1S/C62H84N8O2S2Si4/c1-33(2)75(34(3)4,35(5)6)29-25-45-49-50(46(54-53(45)67-73-68-54)26-30-76(36(7)8,37(9)10)38(11)12)64-58-57(63-49)61(71)59-60(62(58)72)66-52-48(28-32-78(42(19)20,43(21)22)44(23)24)56-55(69-74-70-56)47(51(52)65-59)27-31-77(39(13)14,40(15)16)41(17)18/h33-44H,1-24H3. The van der Waals surface area contributed by atoms with Crippen molar-refractivity contribution in [2.24, 2.45) is 0 Å². The normalized spacial score (nSPS) is 13.6. The van der Waals surface area contributed by atoms with E-state index in [0.717, 1.165) is 23.5 Å². The molecule has 16 heteroatoms. The second-order valence-electron chi connectivity index (χ2n) is 25.9. The first-order valence-electron chi connectivity index (χ1n) is 28.6. The molecule has 1 aliphatic rings. The average molecular weight is 1150 g/mol. The number of hydrogen-bond donors (Lipinski definition) is 0. The van der Waals surface area contributed by atoms with Gasteiger partial charge in [-0.1, -0.05) is 190 Å². The summed E-state index contributed by atoms with van der Waals surface area (Å²) in [5.74, 6) is 13.6. The highest BCUT2D eigenvalue weighted by molar-refractivity contribution is 7.00. The molecule has 0 saturated heterocycles. The minimum Gasteiger partial charge on any atom is -0.285 e. The Labute approximate surface area is 478 Å². The van der Waals surface area contributed by atoms with E-state index in [1.807, 2.05) is 0 Å². The maximum Gasteiger partial charge on any atom is 0.234 e. The molecular weight excluding hydrogens is 1070 g/mol. The van der Waals surface area contributed by atoms with Crippen molar-refractivity contribution in [2.75, 3.05) is 0 Å². The molecule has 7 rings (SSSR count). The van der Waals surface area contributed by atoms with Gasteiger partial charge in [0.2, 0.25) is 11.6 Å². The molecule has 0 saturated carbocycles. The Morgan fingerprint density at radius 2 is 0.423 bits per heavy atom. The van der Waals surface area contributed by atoms with Crippen molar-refractivity contribution >= 4 is 111 Å². The van der Waals surface area contributed by atoms with E-state index in [9.17, 15) is 0 Å². The van der Waals surface area contributed by atoms with Gasteiger partial charge in [-0.3, -0.25) is 9.59 Å². The number of nitrogens with zero attached hydrogens (tertiary/aromatic N) is 8. The molecule has 0 aliphatic heterocycles. The lowest BCUT2D eigenvalue weighted by Crippen LogP contribution is -2.43. The molecule has 0 radical (unpaired) electrons. The molecular formula is C62H84N8O2S2Si4. The third-order valence-electron chi connectivity index (χ3n) is 18.6. The number of ketones is 2. The highest BCUT2D eigenvalue weighted by Gasteiger charge is 2.46. The van der Waals surface area contributed by atoms with Crippen LogP contribution in [0.15, 0.2) is 0 Å². The lowest BCUT2D eigenvalue weighted by atomic mass is 9.95. The maximum absolute atomic E-state index is 15.6. The van der Waals surface area contributed by atoms with Crippen molar-refractivity contribution in [3.8, 4) is 45.9 Å². The second-order valence-corrected chi connectivity index (χ2v) is 49.3. The molecule has 4 aromatic heterocycles. The Kier molecular flexibility index (Phi) is 17.6. The summed E-state index contributed by atoms with van der Waals surface area (Å²) in [5, 5.41) is 0. The van der Waals surface area contributed by atoms with Gasteiger partial charge in [-0.15, -0.1) is 22.2 Å². The number of carbonyl (C=O) groups excluding carboxylic acids is 2. The summed E-state index contributed by atoms with van der Waals surface area (Å²) < 4.78 is 19.6. The first-order chi connectivity index (χ1) is 36.4. The van der Waals surface area contributed by atoms with E-state index in [2.05, 4.69) is 212 Å². The van der Waals surface area contributed by atoms with Crippen LogP contribution >= 0.6 is 23.5 Å². The summed E-state index contributed by atoms with van der Waals surface area (Å²) in [4.78, 5) is 52.2. The van der Waals surface area contributed by atoms with E-state index in [1.54, 1.807) is 0 Å². The quantitative estimate of drug-likeness (QED) is 0.0859. The van der Waals surface area contributed by atoms with Crippen LogP contribution in [0, 0.1) is 45.9 Å². The van der Waals surface area contributed by atoms with E-state index in [0.29, 0.717) is 133 Å². The van der Waals surface area contributed by atoms with Crippen molar-refractivity contribution in [2.45, 2.75) is 233 Å². The van der Waals surface area contributed by atoms with E-state index >= 15 is 9.59 Å². The highest BCUT2D eigenvalue weighted by atomic mass is 32.1. The minimum absolute atomic E-state index is 0.106. The fraction of sp³-hybridized carbons (Fsp3) is 0.581. The number of hydrogen-bond acceptors (Lipinski definition) is 12. The fourth-order valence-electron chi connectivity index (χ4n) is 14.8. The van der Waals surface area contributed by atoms with Gasteiger partial charge in [-0.25, -0.2) is 19.9 Å². The second kappa shape index (κ2) is 22.6. The molecule has 0 fully saturated rings. The van der Waals surface area contributed by atoms with Crippen LogP contribution in [-0.2, 0) is 0 Å². The van der Waals surface area contributed by atoms with Gasteiger partial charge in [0.25, 0.3) is 0 Å². The van der Waals surface area contributed by atoms with Crippen LogP contribution in [-0.4, -0.2) is 81.3 Å². The lowest BCUT2D eigenvalue weighted by Gasteiger charge is -2.38. The number of carbonyl (C=O) groups is 2. The molecule has 0 N–H and O–H groups in total. The first kappa shape index (κ1) is 60.8. The van der Waals surface area contributed by atoms with E-state index in [4.69, 9.17) is 37.4 Å². The number of aromatic nitrogens is 8. The topological polar surface area (TPSA) is 137 Å². The molecule has 0 amide bonds. The average Bonchev–Trinajstić information content (AvgIpc) is 4.07. The van der Waals surface area contributed by atoms with Gasteiger partial charge < -0.3 is 0 Å². The highest BCUT2D eigenvalue weighted by Crippen LogP contribution is 2.46. The third kappa shape index (κ3) is 9.60. The van der Waals surface area contributed by atoms with Gasteiger partial charge in [-0.05, 0) is 66.5 Å². The summed E-state index contributed by atoms with van der Waals surface area (Å²) >= 11 is 2.19. The Bertz CT molecular complexity index is 3080. The predicted molar refractivity (Wildman–Crippen MR) is 340 cm³/mol. The molecule has 2 aromatic carbocycles. The Balaban J connectivity index is 1.66. The van der Waals surface area contributed by atoms with E-state index in [-0.39, 0.29) is 22.8 Å². The first-order valence-corrected chi connectivity index (χ1v) is 39.0. The van der Waals surface area contributed by atoms with Crippen molar-refractivity contribution in [3.05, 3.63) is 45.0 Å². The van der Waals surface area contributed by atoms with Crippen LogP contribution in [0.2, 0.25) is 66.5 Å². The number of fused-ring (bicyclic) bond motifs is 6. The van der Waals surface area contributed by atoms with Crippen LogP contribution in [0.1, 0.15) is 221 Å². The van der Waals surface area contributed by atoms with Gasteiger partial charge in [0.15, 0.2) is 0 Å². The minimum atomic E-state index is -2.32. The Morgan fingerprint density at radius 3 is 0.564 bits per heavy atom. The van der Waals surface area contributed by atoms with Crippen molar-refractivity contribution in [1.29, 1.82) is 0 Å². The predicted octanol–water partition coefficient (Wildman–Crippen LogP) is 16.6. The summed E-state index contributed by atoms with van der Waals surface area (Å²) in [5.41, 5.74) is 25.4. The molecule has 4 heterocycles. The van der Waals surface area contributed by atoms with Crippen LogP contribution in [0.4, 0.5) is 0 Å². The van der Waals surface area contributed by atoms with Gasteiger partial charge >= 0.3 is 0 Å². The Hall–Kier alpha value is -4.79. The molecule has 10 nitrogen and oxygen atoms in total. The molecule has 0 bridgehead atoms. The lowest BCUT2D eigenvalue weighted by molar-refractivity contribution is 0.0965. The molecule has 78 heavy (non-hydrogen) atoms. The van der Waals surface area contributed by atoms with Crippen molar-refractivity contribution in [3.63, 3.8) is 0 Å². The van der Waals surface area contributed by atoms with E-state index < -0.39 is 43.9 Å². The zero-order chi connectivity index (χ0) is 58.0. The number of rotatable bonds is 12. The Morgan fingerprint density at radius 1 is 0.269 bits per heavy atom. The SMILES string of the molecule is CC(C)[Si](C#Cc1c2nsnc2c(C#C[Si](C(C)C)(C(C)C)C(C)C)c2nc3c(nc12)C(=O)c1nc2c(C#C[Si](C(C)C)(C(C)C)C(C)C)c4nsnc4c(C#C[Si](C(C)C)(C(C)C)C(C)C)c2nc1C3=O)(C(C)C)C(C)C. The van der Waals surface area contributed by atoms with Gasteiger partial charge in [-0.2, -0.15) is 17.5 Å². The van der Waals surface area contributed by atoms with Crippen LogP contribution in [0.25, 0.3) is 44.1 Å². The van der Waals surface area contributed by atoms with Gasteiger partial charge in [0, 0.05) is 0 Å².